The van der Waals surface area contributed by atoms with Crippen LogP contribution in [0.2, 0.25) is 0 Å². The standard InChI is InChI=1S/C28H27BNO3/c30-28(24-11-3-1-4-12-24)21-32-29-25-13-7-9-22(17-25)19-31-20-23-10-8-16-27(18-23)33-26-14-5-2-6-15-26/h1-18,28H,19-21,30H2. The van der Waals surface area contributed by atoms with E-state index >= 15 is 0 Å². The normalized spacial score (nSPS) is 11.7. The molecule has 1 atom stereocenters. The molecule has 0 spiro atoms. The van der Waals surface area contributed by atoms with E-state index in [0.29, 0.717) is 19.8 Å². The summed E-state index contributed by atoms with van der Waals surface area (Å²) in [5.41, 5.74) is 10.4. The van der Waals surface area contributed by atoms with Crippen molar-refractivity contribution in [1.82, 2.24) is 0 Å². The summed E-state index contributed by atoms with van der Waals surface area (Å²) in [4.78, 5) is 0. The second kappa shape index (κ2) is 12.0. The first-order valence-electron chi connectivity index (χ1n) is 11.0. The lowest BCUT2D eigenvalue weighted by atomic mass is 9.87. The van der Waals surface area contributed by atoms with Gasteiger partial charge in [-0.3, -0.25) is 0 Å². The molecule has 33 heavy (non-hydrogen) atoms. The maximum Gasteiger partial charge on any atom is 0.330 e. The summed E-state index contributed by atoms with van der Waals surface area (Å²) in [5.74, 6) is 1.61. The van der Waals surface area contributed by atoms with Crippen LogP contribution in [-0.2, 0) is 22.6 Å². The molecule has 1 unspecified atom stereocenters. The Balaban J connectivity index is 1.23. The van der Waals surface area contributed by atoms with Crippen LogP contribution in [0.3, 0.4) is 0 Å². The molecule has 2 N–H and O–H groups in total. The van der Waals surface area contributed by atoms with Gasteiger partial charge in [0.1, 0.15) is 11.5 Å². The van der Waals surface area contributed by atoms with Crippen LogP contribution in [0, 0.1) is 0 Å². The van der Waals surface area contributed by atoms with Crippen molar-refractivity contribution in [2.24, 2.45) is 5.73 Å². The molecule has 0 saturated carbocycles. The van der Waals surface area contributed by atoms with Gasteiger partial charge in [-0.25, -0.2) is 0 Å². The van der Waals surface area contributed by atoms with Gasteiger partial charge in [0.2, 0.25) is 0 Å². The van der Waals surface area contributed by atoms with Crippen molar-refractivity contribution in [1.29, 1.82) is 0 Å². The zero-order chi connectivity index (χ0) is 22.7. The number of ether oxygens (including phenoxy) is 2. The van der Waals surface area contributed by atoms with Crippen molar-refractivity contribution >= 4 is 12.9 Å². The van der Waals surface area contributed by atoms with Gasteiger partial charge in [0.05, 0.1) is 19.3 Å². The van der Waals surface area contributed by atoms with Crippen LogP contribution >= 0.6 is 0 Å². The number of benzene rings is 4. The van der Waals surface area contributed by atoms with Gasteiger partial charge in [0, 0.05) is 6.61 Å². The highest BCUT2D eigenvalue weighted by Crippen LogP contribution is 2.22. The highest BCUT2D eigenvalue weighted by Gasteiger charge is 2.07. The fourth-order valence-electron chi connectivity index (χ4n) is 3.41. The van der Waals surface area contributed by atoms with Gasteiger partial charge in [-0.1, -0.05) is 90.4 Å². The largest absolute Gasteiger partial charge is 0.457 e. The van der Waals surface area contributed by atoms with Crippen LogP contribution in [0.5, 0.6) is 11.5 Å². The van der Waals surface area contributed by atoms with Gasteiger partial charge in [0.15, 0.2) is 0 Å². The molecule has 4 aromatic carbocycles. The molecule has 0 aliphatic rings. The first kappa shape index (κ1) is 22.8. The second-order valence-corrected chi connectivity index (χ2v) is 7.77. The van der Waals surface area contributed by atoms with Crippen LogP contribution in [0.4, 0.5) is 0 Å². The minimum atomic E-state index is -0.157. The van der Waals surface area contributed by atoms with Crippen molar-refractivity contribution < 1.29 is 14.1 Å². The van der Waals surface area contributed by atoms with E-state index in [-0.39, 0.29) is 6.04 Å². The first-order valence-corrected chi connectivity index (χ1v) is 11.0. The van der Waals surface area contributed by atoms with E-state index in [9.17, 15) is 0 Å². The summed E-state index contributed by atoms with van der Waals surface area (Å²) in [5, 5.41) is 0. The fraction of sp³-hybridized carbons (Fsp3) is 0.143. The Labute approximate surface area is 196 Å². The molecular weight excluding hydrogens is 409 g/mol. The van der Waals surface area contributed by atoms with E-state index in [1.807, 2.05) is 103 Å². The number of para-hydroxylation sites is 1. The monoisotopic (exact) mass is 436 g/mol. The summed E-state index contributed by atoms with van der Waals surface area (Å²) in [6.45, 7) is 1.43. The molecule has 0 amide bonds. The van der Waals surface area contributed by atoms with Crippen LogP contribution in [0.25, 0.3) is 0 Å². The molecule has 0 bridgehead atoms. The predicted molar refractivity (Wildman–Crippen MR) is 133 cm³/mol. The quantitative estimate of drug-likeness (QED) is 0.330. The zero-order valence-corrected chi connectivity index (χ0v) is 18.5. The Kier molecular flexibility index (Phi) is 8.31. The molecule has 0 aliphatic heterocycles. The first-order chi connectivity index (χ1) is 16.3. The maximum atomic E-state index is 6.19. The Morgan fingerprint density at radius 2 is 1.30 bits per heavy atom. The van der Waals surface area contributed by atoms with E-state index in [1.165, 1.54) is 0 Å². The summed E-state index contributed by atoms with van der Waals surface area (Å²) < 4.78 is 17.6. The molecule has 0 aromatic heterocycles. The van der Waals surface area contributed by atoms with Crippen molar-refractivity contribution in [2.45, 2.75) is 19.3 Å². The van der Waals surface area contributed by atoms with Crippen LogP contribution in [0.1, 0.15) is 22.7 Å². The number of rotatable bonds is 11. The van der Waals surface area contributed by atoms with Crippen LogP contribution in [0.15, 0.2) is 109 Å². The minimum Gasteiger partial charge on any atom is -0.457 e. The van der Waals surface area contributed by atoms with Crippen molar-refractivity contribution in [3.05, 3.63) is 126 Å². The smallest absolute Gasteiger partial charge is 0.330 e. The van der Waals surface area contributed by atoms with E-state index in [1.54, 1.807) is 7.48 Å². The molecule has 5 heteroatoms. The van der Waals surface area contributed by atoms with Crippen LogP contribution < -0.4 is 15.9 Å². The number of nitrogens with two attached hydrogens (primary N) is 1. The number of hydrogen-bond acceptors (Lipinski definition) is 4. The summed E-state index contributed by atoms with van der Waals surface area (Å²) in [6, 6.07) is 35.6. The van der Waals surface area contributed by atoms with E-state index in [4.69, 9.17) is 19.9 Å². The van der Waals surface area contributed by atoms with Gasteiger partial charge in [-0.2, -0.15) is 0 Å². The van der Waals surface area contributed by atoms with E-state index in [2.05, 4.69) is 6.07 Å². The zero-order valence-electron chi connectivity index (χ0n) is 18.5. The predicted octanol–water partition coefficient (Wildman–Crippen LogP) is 5.16. The Bertz CT molecular complexity index is 1120. The maximum absolute atomic E-state index is 6.19. The lowest BCUT2D eigenvalue weighted by Crippen LogP contribution is -2.24. The molecule has 4 nitrogen and oxygen atoms in total. The molecule has 4 aromatic rings. The summed E-state index contributed by atoms with van der Waals surface area (Å²) in [7, 11) is 1.75. The molecule has 0 aliphatic carbocycles. The lowest BCUT2D eigenvalue weighted by molar-refractivity contribution is 0.107. The van der Waals surface area contributed by atoms with Gasteiger partial charge in [0.25, 0.3) is 0 Å². The second-order valence-electron chi connectivity index (χ2n) is 7.77. The number of hydrogen-bond donors (Lipinski definition) is 1. The third kappa shape index (κ3) is 7.33. The molecule has 0 heterocycles. The lowest BCUT2D eigenvalue weighted by Gasteiger charge is -2.12. The average molecular weight is 436 g/mol. The summed E-state index contributed by atoms with van der Waals surface area (Å²) in [6.07, 6.45) is 0. The van der Waals surface area contributed by atoms with E-state index in [0.717, 1.165) is 33.7 Å². The van der Waals surface area contributed by atoms with Crippen molar-refractivity contribution in [3.63, 3.8) is 0 Å². The Morgan fingerprint density at radius 1 is 0.667 bits per heavy atom. The van der Waals surface area contributed by atoms with Crippen molar-refractivity contribution in [3.8, 4) is 11.5 Å². The van der Waals surface area contributed by atoms with Gasteiger partial charge in [-0.05, 0) is 41.0 Å². The minimum absolute atomic E-state index is 0.157. The molecular formula is C28H27BNO3. The fourth-order valence-corrected chi connectivity index (χ4v) is 3.41. The molecule has 0 fully saturated rings. The van der Waals surface area contributed by atoms with Crippen LogP contribution in [-0.4, -0.2) is 14.1 Å². The third-order valence-electron chi connectivity index (χ3n) is 5.09. The highest BCUT2D eigenvalue weighted by molar-refractivity contribution is 6.46. The third-order valence-corrected chi connectivity index (χ3v) is 5.09. The Morgan fingerprint density at radius 3 is 2.06 bits per heavy atom. The summed E-state index contributed by atoms with van der Waals surface area (Å²) >= 11 is 0. The Hall–Kier alpha value is -3.38. The van der Waals surface area contributed by atoms with Gasteiger partial charge >= 0.3 is 7.48 Å². The SMILES string of the molecule is NC(CO[B]c1cccc(COCc2cccc(Oc3ccccc3)c2)c1)c1ccccc1. The average Bonchev–Trinajstić information content (AvgIpc) is 2.86. The van der Waals surface area contributed by atoms with E-state index < -0.39 is 0 Å². The highest BCUT2D eigenvalue weighted by atomic mass is 16.5. The van der Waals surface area contributed by atoms with Gasteiger partial charge < -0.3 is 19.9 Å². The van der Waals surface area contributed by atoms with Crippen molar-refractivity contribution in [2.75, 3.05) is 6.61 Å². The molecule has 4 rings (SSSR count). The molecule has 165 valence electrons. The topological polar surface area (TPSA) is 53.7 Å². The molecule has 1 radical (unpaired) electrons. The molecule has 0 saturated heterocycles. The van der Waals surface area contributed by atoms with Gasteiger partial charge in [-0.15, -0.1) is 0 Å².